The number of halogens is 2. The number of hydrogen-bond donors (Lipinski definition) is 3. The van der Waals surface area contributed by atoms with Gasteiger partial charge in [-0.3, -0.25) is 14.4 Å². The predicted octanol–water partition coefficient (Wildman–Crippen LogP) is 3.97. The van der Waals surface area contributed by atoms with Crippen LogP contribution in [0.15, 0.2) is 47.3 Å². The van der Waals surface area contributed by atoms with Crippen molar-refractivity contribution in [1.82, 2.24) is 19.8 Å². The Hall–Kier alpha value is -4.71. The molecule has 2 aliphatic rings. The molecule has 5 rings (SSSR count). The maximum absolute atomic E-state index is 15.1. The van der Waals surface area contributed by atoms with E-state index in [-0.39, 0.29) is 64.9 Å². The zero-order chi connectivity index (χ0) is 32.2. The summed E-state index contributed by atoms with van der Waals surface area (Å²) in [6.07, 6.45) is 2.28. The van der Waals surface area contributed by atoms with E-state index in [1.807, 2.05) is 20.8 Å². The zero-order valence-electron chi connectivity index (χ0n) is 25.0. The molecule has 2 aromatic heterocycles. The van der Waals surface area contributed by atoms with Crippen LogP contribution in [0, 0.1) is 11.2 Å². The number of carbonyl (C=O) groups excluding carboxylic acids is 2. The van der Waals surface area contributed by atoms with E-state index in [0.29, 0.717) is 16.6 Å². The Kier molecular flexibility index (Phi) is 7.75. The molecule has 0 aliphatic carbocycles. The number of amides is 2. The van der Waals surface area contributed by atoms with Crippen LogP contribution in [0.5, 0.6) is 5.75 Å². The van der Waals surface area contributed by atoms with E-state index >= 15 is 4.39 Å². The van der Waals surface area contributed by atoms with Gasteiger partial charge in [-0.25, -0.2) is 13.9 Å². The second-order valence-electron chi connectivity index (χ2n) is 11.8. The van der Waals surface area contributed by atoms with E-state index in [2.05, 4.69) is 11.9 Å². The van der Waals surface area contributed by atoms with Gasteiger partial charge in [-0.1, -0.05) is 24.2 Å². The number of benzene rings is 1. The Morgan fingerprint density at radius 3 is 2.57 bits per heavy atom. The summed E-state index contributed by atoms with van der Waals surface area (Å²) in [5, 5.41) is 22.3. The first-order valence-corrected chi connectivity index (χ1v) is 14.3. The van der Waals surface area contributed by atoms with Crippen LogP contribution in [0.25, 0.3) is 28.1 Å². The summed E-state index contributed by atoms with van der Waals surface area (Å²) in [4.78, 5) is 50.1. The van der Waals surface area contributed by atoms with Gasteiger partial charge in [-0.15, -0.1) is 0 Å². The van der Waals surface area contributed by atoms with Gasteiger partial charge < -0.3 is 30.5 Å². The third-order valence-electron chi connectivity index (χ3n) is 7.69. The maximum atomic E-state index is 15.1. The summed E-state index contributed by atoms with van der Waals surface area (Å²) < 4.78 is 16.4. The summed E-state index contributed by atoms with van der Waals surface area (Å²) in [7, 11) is 1.50. The first kappa shape index (κ1) is 30.7. The van der Waals surface area contributed by atoms with Crippen LogP contribution in [0.3, 0.4) is 0 Å². The van der Waals surface area contributed by atoms with E-state index in [4.69, 9.17) is 22.0 Å². The monoisotopic (exact) mass is 621 g/mol. The Morgan fingerprint density at radius 2 is 1.95 bits per heavy atom. The predicted molar refractivity (Wildman–Crippen MR) is 170 cm³/mol. The molecule has 0 unspecified atom stereocenters. The molecule has 3 N–H and O–H groups in total. The second-order valence-corrected chi connectivity index (χ2v) is 12.2. The average Bonchev–Trinajstić information content (AvgIpc) is 2.97. The van der Waals surface area contributed by atoms with Crippen molar-refractivity contribution in [3.05, 3.63) is 63.7 Å². The van der Waals surface area contributed by atoms with Crippen molar-refractivity contribution in [2.45, 2.75) is 39.3 Å². The van der Waals surface area contributed by atoms with E-state index in [1.165, 1.54) is 45.7 Å². The number of rotatable bonds is 5. The number of aromatic hydroxyl groups is 1. The smallest absolute Gasteiger partial charge is 0.284 e. The fourth-order valence-corrected chi connectivity index (χ4v) is 5.90. The topological polar surface area (TPSA) is 135 Å². The number of pyridine rings is 2. The van der Waals surface area contributed by atoms with E-state index in [9.17, 15) is 19.5 Å². The number of allylic oxidation sites excluding steroid dienone is 1. The quantitative estimate of drug-likeness (QED) is 0.290. The van der Waals surface area contributed by atoms with Crippen molar-refractivity contribution >= 4 is 57.9 Å². The Morgan fingerprint density at radius 1 is 1.25 bits per heavy atom. The Balaban J connectivity index is 1.92. The number of nitrogens with zero attached hydrogens (tertiary/aromatic N) is 5. The van der Waals surface area contributed by atoms with Gasteiger partial charge in [-0.2, -0.15) is 0 Å². The van der Waals surface area contributed by atoms with E-state index < -0.39 is 28.7 Å². The molecule has 1 aromatic carbocycles. The van der Waals surface area contributed by atoms with Gasteiger partial charge in [0.05, 0.1) is 28.5 Å². The number of piperazine rings is 1. The SMILES string of the molecule is C=CC(=O)N1CCN2c3c(c(=O)n(/C(NC(C)(C)C)=C(\C)C=N)c4nc(-c5c(O)cccc5F)c(Cl)cc34)N(C)C(=O)[C@H]2C1. The lowest BCUT2D eigenvalue weighted by Crippen LogP contribution is -2.63. The molecule has 2 aliphatic heterocycles. The van der Waals surface area contributed by atoms with Crippen LogP contribution in [0.2, 0.25) is 5.02 Å². The van der Waals surface area contributed by atoms with Gasteiger partial charge in [0.15, 0.2) is 5.65 Å². The van der Waals surface area contributed by atoms with Crippen LogP contribution in [0.4, 0.5) is 15.8 Å². The molecule has 0 spiro atoms. The minimum Gasteiger partial charge on any atom is -0.507 e. The van der Waals surface area contributed by atoms with Gasteiger partial charge in [0.2, 0.25) is 5.91 Å². The molecule has 1 saturated heterocycles. The number of anilines is 2. The number of carbonyl (C=O) groups is 2. The van der Waals surface area contributed by atoms with Gasteiger partial charge >= 0.3 is 0 Å². The lowest BCUT2D eigenvalue weighted by Gasteiger charge is -2.47. The first-order valence-electron chi connectivity index (χ1n) is 13.9. The van der Waals surface area contributed by atoms with Gasteiger partial charge in [0.1, 0.15) is 29.1 Å². The molecule has 230 valence electrons. The van der Waals surface area contributed by atoms with E-state index in [1.54, 1.807) is 11.8 Å². The molecule has 11 nitrogen and oxygen atoms in total. The number of fused-ring (bicyclic) bond motifs is 5. The van der Waals surface area contributed by atoms with Crippen LogP contribution < -0.4 is 20.7 Å². The van der Waals surface area contributed by atoms with Crippen molar-refractivity contribution in [2.24, 2.45) is 0 Å². The van der Waals surface area contributed by atoms with Crippen molar-refractivity contribution in [2.75, 3.05) is 36.5 Å². The second kappa shape index (κ2) is 11.1. The lowest BCUT2D eigenvalue weighted by molar-refractivity contribution is -0.128. The first-order chi connectivity index (χ1) is 20.7. The summed E-state index contributed by atoms with van der Waals surface area (Å²) >= 11 is 6.76. The molecular weight excluding hydrogens is 589 g/mol. The maximum Gasteiger partial charge on any atom is 0.284 e. The molecular formula is C31H33ClFN7O4. The summed E-state index contributed by atoms with van der Waals surface area (Å²) in [6.45, 7) is 11.4. The molecule has 0 saturated carbocycles. The molecule has 13 heteroatoms. The highest BCUT2D eigenvalue weighted by atomic mass is 35.5. The highest BCUT2D eigenvalue weighted by Crippen LogP contribution is 2.44. The van der Waals surface area contributed by atoms with E-state index in [0.717, 1.165) is 12.3 Å². The lowest BCUT2D eigenvalue weighted by atomic mass is 10.0. The molecule has 2 amide bonds. The minimum atomic E-state index is -0.802. The van der Waals surface area contributed by atoms with Crippen molar-refractivity contribution in [1.29, 1.82) is 5.41 Å². The van der Waals surface area contributed by atoms with Crippen LogP contribution in [-0.4, -0.2) is 75.8 Å². The average molecular weight is 622 g/mol. The summed E-state index contributed by atoms with van der Waals surface area (Å²) in [6, 6.07) is 4.56. The summed E-state index contributed by atoms with van der Waals surface area (Å²) in [5.74, 6) is -1.62. The van der Waals surface area contributed by atoms with Gasteiger partial charge in [0.25, 0.3) is 11.5 Å². The van der Waals surface area contributed by atoms with Gasteiger partial charge in [-0.05, 0) is 52.0 Å². The minimum absolute atomic E-state index is 0.0000377. The fraction of sp³-hybridized carbons (Fsp3) is 0.323. The van der Waals surface area contributed by atoms with Crippen molar-refractivity contribution < 1.29 is 19.1 Å². The number of hydrogen-bond acceptors (Lipinski definition) is 8. The van der Waals surface area contributed by atoms with Crippen LogP contribution in [0.1, 0.15) is 27.7 Å². The largest absolute Gasteiger partial charge is 0.507 e. The molecule has 0 radical (unpaired) electrons. The number of nitrogens with one attached hydrogen (secondary N) is 2. The summed E-state index contributed by atoms with van der Waals surface area (Å²) in [5.41, 5.74) is -0.629. The van der Waals surface area contributed by atoms with Gasteiger partial charge in [0, 0.05) is 42.9 Å². The highest BCUT2D eigenvalue weighted by Gasteiger charge is 2.44. The molecule has 3 aromatic rings. The van der Waals surface area contributed by atoms with Crippen molar-refractivity contribution in [3.63, 3.8) is 0 Å². The Labute approximate surface area is 258 Å². The molecule has 1 atom stereocenters. The number of aromatic nitrogens is 2. The molecule has 1 fully saturated rings. The Bertz CT molecular complexity index is 1830. The normalized spacial score (nSPS) is 17.2. The number of phenols is 1. The van der Waals surface area contributed by atoms with Crippen LogP contribution >= 0.6 is 11.6 Å². The molecule has 4 heterocycles. The van der Waals surface area contributed by atoms with Crippen LogP contribution in [-0.2, 0) is 9.59 Å². The molecule has 44 heavy (non-hydrogen) atoms. The van der Waals surface area contributed by atoms with Crippen molar-refractivity contribution in [3.8, 4) is 17.0 Å². The third kappa shape index (κ3) is 4.98. The fourth-order valence-electron chi connectivity index (χ4n) is 5.66. The number of phenolic OH excluding ortho intramolecular Hbond substituents is 1. The highest BCUT2D eigenvalue weighted by molar-refractivity contribution is 6.34. The number of likely N-dealkylation sites (N-methyl/N-ethyl adjacent to an activating group) is 1. The molecule has 0 bridgehead atoms. The third-order valence-corrected chi connectivity index (χ3v) is 7.98. The zero-order valence-corrected chi connectivity index (χ0v) is 25.8. The standard InChI is InChI=1S/C31H33ClFN7O4/c1-7-22(42)38-11-12-39-20(15-38)29(43)37(6)26-25(39)17-13-18(32)24(23-19(33)9-8-10-21(23)41)35-28(17)40(30(26)44)27(16(2)14-34)36-31(3,4)5/h7-10,13-14,20,34,36,41H,1,11-12,15H2,2-6H3/b27-16+,34-14?/t20-/m1/s1.